The number of hydrogen-bond donors (Lipinski definition) is 0. The number of carbonyl (C=O) groups is 1. The van der Waals surface area contributed by atoms with Crippen LogP contribution in [0.4, 0.5) is 4.39 Å². The molecule has 0 aliphatic carbocycles. The van der Waals surface area contributed by atoms with Crippen LogP contribution >= 0.6 is 11.6 Å². The highest BCUT2D eigenvalue weighted by molar-refractivity contribution is 6.32. The van der Waals surface area contributed by atoms with E-state index in [2.05, 4.69) is 48.0 Å². The average molecular weight is 734 g/mol. The third-order valence-corrected chi connectivity index (χ3v) is 9.46. The van der Waals surface area contributed by atoms with Gasteiger partial charge in [0.15, 0.2) is 5.75 Å². The number of rotatable bonds is 14. The molecule has 0 atom stereocenters. The quantitative estimate of drug-likeness (QED) is 0.106. The molecule has 7 nitrogen and oxygen atoms in total. The predicted molar refractivity (Wildman–Crippen MR) is 208 cm³/mol. The van der Waals surface area contributed by atoms with E-state index in [4.69, 9.17) is 25.8 Å². The first-order valence-corrected chi connectivity index (χ1v) is 18.4. The maximum Gasteiger partial charge on any atom is 0.246 e. The molecule has 1 aliphatic rings. The molecule has 0 unspecified atom stereocenters. The van der Waals surface area contributed by atoms with Crippen molar-refractivity contribution in [3.05, 3.63) is 153 Å². The summed E-state index contributed by atoms with van der Waals surface area (Å²) in [5, 5.41) is 0.418. The fourth-order valence-electron chi connectivity index (χ4n) is 6.12. The van der Waals surface area contributed by atoms with Crippen LogP contribution in [-0.2, 0) is 31.0 Å². The molecule has 4 aromatic carbocycles. The lowest BCUT2D eigenvalue weighted by atomic mass is 10.1. The number of pyridine rings is 1. The second-order valence-corrected chi connectivity index (χ2v) is 13.8. The Morgan fingerprint density at radius 3 is 2.21 bits per heavy atom. The molecule has 53 heavy (non-hydrogen) atoms. The Balaban J connectivity index is 0.948. The van der Waals surface area contributed by atoms with Gasteiger partial charge in [0.2, 0.25) is 11.8 Å². The van der Waals surface area contributed by atoms with Crippen LogP contribution < -0.4 is 14.2 Å². The van der Waals surface area contributed by atoms with Gasteiger partial charge in [-0.1, -0.05) is 79.0 Å². The number of piperazine rings is 1. The monoisotopic (exact) mass is 733 g/mol. The van der Waals surface area contributed by atoms with Gasteiger partial charge in [-0.05, 0) is 90.6 Å². The van der Waals surface area contributed by atoms with Crippen molar-refractivity contribution in [2.75, 3.05) is 26.2 Å². The number of amides is 1. The summed E-state index contributed by atoms with van der Waals surface area (Å²) in [7, 11) is 0. The molecule has 0 N–H and O–H groups in total. The van der Waals surface area contributed by atoms with Crippen molar-refractivity contribution in [3.63, 3.8) is 0 Å². The fraction of sp³-hybridized carbons (Fsp3) is 0.273. The van der Waals surface area contributed by atoms with Crippen molar-refractivity contribution in [1.29, 1.82) is 0 Å². The summed E-state index contributed by atoms with van der Waals surface area (Å²) in [5.74, 6) is 1.93. The average Bonchev–Trinajstić information content (AvgIpc) is 3.16. The molecule has 1 aromatic heterocycles. The molecule has 0 spiro atoms. The van der Waals surface area contributed by atoms with Crippen LogP contribution in [0.1, 0.15) is 52.3 Å². The second-order valence-electron chi connectivity index (χ2n) is 13.4. The van der Waals surface area contributed by atoms with Gasteiger partial charge in [-0.3, -0.25) is 9.69 Å². The summed E-state index contributed by atoms with van der Waals surface area (Å²) < 4.78 is 32.6. The van der Waals surface area contributed by atoms with Crippen LogP contribution in [0.5, 0.6) is 23.1 Å². The standard InChI is InChI=1S/C44H45ClFN3O4/c1-4-5-33-11-15-38(16-12-33)52-30-37-14-10-36(26-41(37)46)28-48-20-22-49(23-21-48)43(50)19-13-35-24-32(3)44(40(45)25-35)53-42-18-17-39(27-47-42)51-29-34-8-6-31(2)7-9-34/h6-19,24-27H,4-5,20-23,28-30H2,1-3H3/b19-13+. The van der Waals surface area contributed by atoms with E-state index in [1.54, 1.807) is 42.6 Å². The molecule has 1 amide bonds. The predicted octanol–water partition coefficient (Wildman–Crippen LogP) is 9.75. The van der Waals surface area contributed by atoms with Gasteiger partial charge in [-0.25, -0.2) is 9.37 Å². The summed E-state index contributed by atoms with van der Waals surface area (Å²) in [6.07, 6.45) is 7.09. The topological polar surface area (TPSA) is 64.1 Å². The molecule has 9 heteroatoms. The van der Waals surface area contributed by atoms with Crippen molar-refractivity contribution < 1.29 is 23.4 Å². The number of benzene rings is 4. The molecule has 0 saturated carbocycles. The number of hydrogen-bond acceptors (Lipinski definition) is 6. The van der Waals surface area contributed by atoms with E-state index in [9.17, 15) is 9.18 Å². The molecule has 0 bridgehead atoms. The van der Waals surface area contributed by atoms with E-state index in [1.807, 2.05) is 54.3 Å². The van der Waals surface area contributed by atoms with Gasteiger partial charge in [0.05, 0.1) is 11.2 Å². The summed E-state index contributed by atoms with van der Waals surface area (Å²) in [5.41, 5.74) is 6.57. The van der Waals surface area contributed by atoms with Gasteiger partial charge in [0, 0.05) is 50.4 Å². The molecule has 274 valence electrons. The van der Waals surface area contributed by atoms with Crippen molar-refractivity contribution in [1.82, 2.24) is 14.8 Å². The summed E-state index contributed by atoms with van der Waals surface area (Å²) in [4.78, 5) is 21.5. The van der Waals surface area contributed by atoms with E-state index in [0.29, 0.717) is 67.3 Å². The molecule has 1 aliphatic heterocycles. The minimum absolute atomic E-state index is 0.0666. The van der Waals surface area contributed by atoms with Gasteiger partial charge in [-0.2, -0.15) is 0 Å². The van der Waals surface area contributed by atoms with Crippen molar-refractivity contribution >= 4 is 23.6 Å². The Labute approximate surface area is 316 Å². The highest BCUT2D eigenvalue weighted by atomic mass is 35.5. The molecular formula is C44H45ClFN3O4. The van der Waals surface area contributed by atoms with Crippen LogP contribution in [0.15, 0.2) is 103 Å². The van der Waals surface area contributed by atoms with Crippen LogP contribution in [0.25, 0.3) is 6.08 Å². The van der Waals surface area contributed by atoms with Gasteiger partial charge in [0.1, 0.15) is 30.5 Å². The first-order chi connectivity index (χ1) is 25.7. The van der Waals surface area contributed by atoms with E-state index < -0.39 is 0 Å². The number of aromatic nitrogens is 1. The van der Waals surface area contributed by atoms with Crippen molar-refractivity contribution in [2.24, 2.45) is 0 Å². The van der Waals surface area contributed by atoms with Crippen LogP contribution in [-0.4, -0.2) is 46.9 Å². The molecule has 2 heterocycles. The third-order valence-electron chi connectivity index (χ3n) is 9.18. The minimum atomic E-state index is -0.274. The lowest BCUT2D eigenvalue weighted by Gasteiger charge is -2.34. The van der Waals surface area contributed by atoms with E-state index in [-0.39, 0.29) is 18.3 Å². The lowest BCUT2D eigenvalue weighted by Crippen LogP contribution is -2.47. The summed E-state index contributed by atoms with van der Waals surface area (Å²) in [6.45, 7) is 9.92. The Hall–Kier alpha value is -5.18. The first kappa shape index (κ1) is 37.6. The van der Waals surface area contributed by atoms with Gasteiger partial charge < -0.3 is 19.1 Å². The minimum Gasteiger partial charge on any atom is -0.489 e. The Morgan fingerprint density at radius 1 is 0.830 bits per heavy atom. The molecular weight excluding hydrogens is 689 g/mol. The number of aryl methyl sites for hydroxylation is 3. The van der Waals surface area contributed by atoms with Gasteiger partial charge in [-0.15, -0.1) is 0 Å². The van der Waals surface area contributed by atoms with Gasteiger partial charge in [0.25, 0.3) is 0 Å². The molecule has 5 aromatic rings. The highest BCUT2D eigenvalue weighted by Crippen LogP contribution is 2.34. The molecule has 0 radical (unpaired) electrons. The first-order valence-electron chi connectivity index (χ1n) is 18.0. The Morgan fingerprint density at radius 2 is 1.53 bits per heavy atom. The maximum absolute atomic E-state index is 14.9. The number of halogens is 2. The third kappa shape index (κ3) is 10.7. The molecule has 1 fully saturated rings. The Bertz CT molecular complexity index is 1990. The molecule has 6 rings (SSSR count). The largest absolute Gasteiger partial charge is 0.489 e. The zero-order valence-electron chi connectivity index (χ0n) is 30.5. The molecule has 1 saturated heterocycles. The van der Waals surface area contributed by atoms with Crippen molar-refractivity contribution in [3.8, 4) is 23.1 Å². The lowest BCUT2D eigenvalue weighted by molar-refractivity contribution is -0.127. The smallest absolute Gasteiger partial charge is 0.246 e. The van der Waals surface area contributed by atoms with Crippen LogP contribution in [0, 0.1) is 19.7 Å². The second kappa shape index (κ2) is 18.0. The highest BCUT2D eigenvalue weighted by Gasteiger charge is 2.20. The zero-order valence-corrected chi connectivity index (χ0v) is 31.2. The normalized spacial score (nSPS) is 13.3. The van der Waals surface area contributed by atoms with Crippen LogP contribution in [0.3, 0.4) is 0 Å². The number of carbonyl (C=O) groups excluding carboxylic acids is 1. The van der Waals surface area contributed by atoms with Gasteiger partial charge >= 0.3 is 0 Å². The zero-order chi connectivity index (χ0) is 37.2. The van der Waals surface area contributed by atoms with E-state index in [0.717, 1.165) is 40.8 Å². The SMILES string of the molecule is CCCc1ccc(OCc2ccc(CN3CCN(C(=O)/C=C/c4cc(C)c(Oc5ccc(OCc6ccc(C)cc6)cn5)c(Cl)c4)CC3)cc2F)cc1. The Kier molecular flexibility index (Phi) is 12.8. The number of nitrogens with zero attached hydrogens (tertiary/aromatic N) is 3. The van der Waals surface area contributed by atoms with E-state index in [1.165, 1.54) is 11.1 Å². The fourth-order valence-corrected chi connectivity index (χ4v) is 6.43. The summed E-state index contributed by atoms with van der Waals surface area (Å²) >= 11 is 6.62. The van der Waals surface area contributed by atoms with Crippen molar-refractivity contribution in [2.45, 2.75) is 53.4 Å². The maximum atomic E-state index is 14.9. The summed E-state index contributed by atoms with van der Waals surface area (Å²) in [6, 6.07) is 28.8. The van der Waals surface area contributed by atoms with E-state index >= 15 is 0 Å². The van der Waals surface area contributed by atoms with Crippen LogP contribution in [0.2, 0.25) is 5.02 Å². The number of ether oxygens (including phenoxy) is 3.